The van der Waals surface area contributed by atoms with Crippen molar-refractivity contribution in [1.82, 2.24) is 5.43 Å². The Morgan fingerprint density at radius 3 is 2.61 bits per heavy atom. The number of nitrogens with zero attached hydrogens (tertiary/aromatic N) is 1. The molecule has 0 unspecified atom stereocenters. The van der Waals surface area contributed by atoms with Crippen LogP contribution in [0.4, 0.5) is 11.4 Å². The number of ether oxygens (including phenoxy) is 1. The molecule has 0 spiro atoms. The van der Waals surface area contributed by atoms with Gasteiger partial charge in [-0.1, -0.05) is 48.0 Å². The lowest BCUT2D eigenvalue weighted by atomic mass is 10.1. The van der Waals surface area contributed by atoms with Crippen LogP contribution in [0, 0.1) is 19.8 Å². The molecule has 0 aliphatic carbocycles. The summed E-state index contributed by atoms with van der Waals surface area (Å²) in [6.45, 7) is 4.69. The van der Waals surface area contributed by atoms with Crippen molar-refractivity contribution in [3.8, 4) is 5.75 Å². The first-order valence-corrected chi connectivity index (χ1v) is 11.2. The summed E-state index contributed by atoms with van der Waals surface area (Å²) in [6.07, 6.45) is 0.172. The molecule has 6 nitrogen and oxygen atoms in total. The first kappa shape index (κ1) is 22.7. The van der Waals surface area contributed by atoms with Crippen LogP contribution in [0.2, 0.25) is 5.02 Å². The molecule has 0 aromatic heterocycles. The van der Waals surface area contributed by atoms with Gasteiger partial charge in [0.25, 0.3) is 0 Å². The fourth-order valence-corrected chi connectivity index (χ4v) is 3.91. The quantitative estimate of drug-likeness (QED) is 0.482. The third-order valence-corrected chi connectivity index (χ3v) is 6.22. The summed E-state index contributed by atoms with van der Waals surface area (Å²) in [5.74, 6) is -0.155. The van der Waals surface area contributed by atoms with Gasteiger partial charge >= 0.3 is 0 Å². The number of rotatable bonds is 7. The van der Waals surface area contributed by atoms with Gasteiger partial charge in [0.05, 0.1) is 11.6 Å². The Hall–Kier alpha value is -3.51. The molecule has 2 amide bonds. The number of halogens is 1. The zero-order chi connectivity index (χ0) is 23.4. The molecule has 1 heterocycles. The van der Waals surface area contributed by atoms with Crippen molar-refractivity contribution < 1.29 is 14.3 Å². The number of hydrogen-bond acceptors (Lipinski definition) is 4. The molecule has 1 saturated heterocycles. The van der Waals surface area contributed by atoms with E-state index in [4.69, 9.17) is 16.3 Å². The Morgan fingerprint density at radius 2 is 1.82 bits per heavy atom. The number of hydrazine groups is 1. The van der Waals surface area contributed by atoms with Crippen molar-refractivity contribution in [3.63, 3.8) is 0 Å². The number of carbonyl (C=O) groups is 2. The predicted molar refractivity (Wildman–Crippen MR) is 130 cm³/mol. The average Bonchev–Trinajstić information content (AvgIpc) is 3.21. The molecular formula is C26H26ClN3O3. The number of para-hydroxylation sites is 2. The van der Waals surface area contributed by atoms with Crippen LogP contribution in [0.5, 0.6) is 5.75 Å². The van der Waals surface area contributed by atoms with Gasteiger partial charge in [-0.25, -0.2) is 0 Å². The first-order chi connectivity index (χ1) is 15.9. The number of amides is 2. The molecule has 1 fully saturated rings. The minimum atomic E-state index is -0.442. The second-order valence-corrected chi connectivity index (χ2v) is 8.57. The van der Waals surface area contributed by atoms with E-state index >= 15 is 0 Å². The molecule has 4 rings (SSSR count). The molecule has 0 bridgehead atoms. The van der Waals surface area contributed by atoms with E-state index in [1.54, 1.807) is 4.90 Å². The highest BCUT2D eigenvalue weighted by Crippen LogP contribution is 2.28. The zero-order valence-corrected chi connectivity index (χ0v) is 19.4. The number of aryl methyl sites for hydroxylation is 2. The topological polar surface area (TPSA) is 70.7 Å². The lowest BCUT2D eigenvalue weighted by Gasteiger charge is -2.18. The fourth-order valence-electron chi connectivity index (χ4n) is 3.72. The first-order valence-electron chi connectivity index (χ1n) is 10.8. The molecule has 1 aliphatic heterocycles. The highest BCUT2D eigenvalue weighted by atomic mass is 35.5. The second-order valence-electron chi connectivity index (χ2n) is 8.16. The van der Waals surface area contributed by atoms with E-state index < -0.39 is 5.92 Å². The van der Waals surface area contributed by atoms with E-state index in [0.717, 1.165) is 16.8 Å². The minimum Gasteiger partial charge on any atom is -0.487 e. The Balaban J connectivity index is 1.37. The zero-order valence-electron chi connectivity index (χ0n) is 18.6. The van der Waals surface area contributed by atoms with E-state index in [1.807, 2.05) is 80.6 Å². The van der Waals surface area contributed by atoms with Crippen LogP contribution in [0.25, 0.3) is 0 Å². The molecule has 1 atom stereocenters. The van der Waals surface area contributed by atoms with Crippen LogP contribution in [-0.2, 0) is 16.2 Å². The van der Waals surface area contributed by atoms with Crippen molar-refractivity contribution in [1.29, 1.82) is 0 Å². The second kappa shape index (κ2) is 9.96. The SMILES string of the molecule is Cc1ccc(N2C[C@H](C(=O)NNc3ccccc3OCc3ccccc3Cl)CC2=O)cc1C. The van der Waals surface area contributed by atoms with Gasteiger partial charge in [-0.2, -0.15) is 0 Å². The lowest BCUT2D eigenvalue weighted by Crippen LogP contribution is -2.36. The lowest BCUT2D eigenvalue weighted by molar-refractivity contribution is -0.125. The Labute approximate surface area is 198 Å². The van der Waals surface area contributed by atoms with Gasteiger partial charge in [0, 0.05) is 29.2 Å². The molecule has 3 aromatic rings. The van der Waals surface area contributed by atoms with Gasteiger partial charge in [0.15, 0.2) is 0 Å². The molecule has 33 heavy (non-hydrogen) atoms. The normalized spacial score (nSPS) is 15.4. The van der Waals surface area contributed by atoms with E-state index in [2.05, 4.69) is 10.9 Å². The minimum absolute atomic E-state index is 0.0538. The predicted octanol–water partition coefficient (Wildman–Crippen LogP) is 5.03. The van der Waals surface area contributed by atoms with Crippen molar-refractivity contribution in [3.05, 3.63) is 88.4 Å². The molecule has 2 N–H and O–H groups in total. The number of anilines is 2. The summed E-state index contributed by atoms with van der Waals surface area (Å²) >= 11 is 6.21. The Bertz CT molecular complexity index is 1180. The molecule has 170 valence electrons. The number of hydrogen-bond donors (Lipinski definition) is 2. The fraction of sp³-hybridized carbons (Fsp3) is 0.231. The monoisotopic (exact) mass is 463 g/mol. The largest absolute Gasteiger partial charge is 0.487 e. The maximum atomic E-state index is 12.8. The van der Waals surface area contributed by atoms with Gasteiger partial charge < -0.3 is 9.64 Å². The smallest absolute Gasteiger partial charge is 0.243 e. The summed E-state index contributed by atoms with van der Waals surface area (Å²) < 4.78 is 5.91. The van der Waals surface area contributed by atoms with Crippen LogP contribution in [0.3, 0.4) is 0 Å². The third-order valence-electron chi connectivity index (χ3n) is 5.85. The van der Waals surface area contributed by atoms with Crippen LogP contribution >= 0.6 is 11.6 Å². The molecule has 1 aliphatic rings. The highest BCUT2D eigenvalue weighted by Gasteiger charge is 2.35. The number of carbonyl (C=O) groups excluding carboxylic acids is 2. The van der Waals surface area contributed by atoms with E-state index in [1.165, 1.54) is 5.56 Å². The summed E-state index contributed by atoms with van der Waals surface area (Å²) in [5, 5.41) is 0.635. The van der Waals surface area contributed by atoms with Crippen molar-refractivity contribution in [2.45, 2.75) is 26.9 Å². The molecular weight excluding hydrogens is 438 g/mol. The standard InChI is InChI=1S/C26H26ClN3O3/c1-17-11-12-21(13-18(17)2)30-15-20(14-25(30)31)26(32)29-28-23-9-5-6-10-24(23)33-16-19-7-3-4-8-22(19)27/h3-13,20,28H,14-16H2,1-2H3,(H,29,32)/t20-/m1/s1. The van der Waals surface area contributed by atoms with Gasteiger partial charge in [0.1, 0.15) is 12.4 Å². The van der Waals surface area contributed by atoms with Crippen LogP contribution < -0.4 is 20.5 Å². The summed E-state index contributed by atoms with van der Waals surface area (Å²) in [7, 11) is 0. The summed E-state index contributed by atoms with van der Waals surface area (Å²) in [6, 6.07) is 20.7. The third kappa shape index (κ3) is 5.29. The average molecular weight is 464 g/mol. The Kier molecular flexibility index (Phi) is 6.84. The van der Waals surface area contributed by atoms with Crippen LogP contribution in [0.1, 0.15) is 23.1 Å². The molecule has 0 saturated carbocycles. The van der Waals surface area contributed by atoms with Gasteiger partial charge in [-0.3, -0.25) is 20.4 Å². The molecule has 7 heteroatoms. The highest BCUT2D eigenvalue weighted by molar-refractivity contribution is 6.31. The van der Waals surface area contributed by atoms with Gasteiger partial charge in [-0.05, 0) is 55.3 Å². The Morgan fingerprint density at radius 1 is 1.06 bits per heavy atom. The maximum Gasteiger partial charge on any atom is 0.243 e. The van der Waals surface area contributed by atoms with Crippen LogP contribution in [-0.4, -0.2) is 18.4 Å². The van der Waals surface area contributed by atoms with Gasteiger partial charge in [0.2, 0.25) is 11.8 Å². The van der Waals surface area contributed by atoms with E-state index in [-0.39, 0.29) is 18.2 Å². The van der Waals surface area contributed by atoms with Crippen molar-refractivity contribution in [2.75, 3.05) is 16.9 Å². The van der Waals surface area contributed by atoms with Crippen LogP contribution in [0.15, 0.2) is 66.7 Å². The van der Waals surface area contributed by atoms with Crippen molar-refractivity contribution >= 4 is 34.8 Å². The van der Waals surface area contributed by atoms with Crippen molar-refractivity contribution in [2.24, 2.45) is 5.92 Å². The van der Waals surface area contributed by atoms with E-state index in [0.29, 0.717) is 29.6 Å². The van der Waals surface area contributed by atoms with E-state index in [9.17, 15) is 9.59 Å². The molecule has 3 aromatic carbocycles. The summed E-state index contributed by atoms with van der Waals surface area (Å²) in [4.78, 5) is 27.0. The van der Waals surface area contributed by atoms with Gasteiger partial charge in [-0.15, -0.1) is 0 Å². The summed E-state index contributed by atoms with van der Waals surface area (Å²) in [5.41, 5.74) is 10.3. The molecule has 0 radical (unpaired) electrons. The number of benzene rings is 3. The maximum absolute atomic E-state index is 12.8. The number of nitrogens with one attached hydrogen (secondary N) is 2.